The highest BCUT2D eigenvalue weighted by Crippen LogP contribution is 2.22. The van der Waals surface area contributed by atoms with Gasteiger partial charge in [0, 0.05) is 25.2 Å². The molecule has 0 aliphatic carbocycles. The van der Waals surface area contributed by atoms with Crippen molar-refractivity contribution in [1.29, 1.82) is 0 Å². The molecule has 0 aromatic heterocycles. The Bertz CT molecular complexity index is 1130. The summed E-state index contributed by atoms with van der Waals surface area (Å²) in [7, 11) is -2.55. The summed E-state index contributed by atoms with van der Waals surface area (Å²) >= 11 is 0. The number of nitrogens with one attached hydrogen (secondary N) is 1. The normalized spacial score (nSPS) is 12.8. The van der Waals surface area contributed by atoms with Crippen LogP contribution in [0, 0.1) is 12.7 Å². The van der Waals surface area contributed by atoms with Crippen LogP contribution in [0.5, 0.6) is 0 Å². The largest absolute Gasteiger partial charge is 0.390 e. The Morgan fingerprint density at radius 1 is 1.21 bits per heavy atom. The van der Waals surface area contributed by atoms with Crippen LogP contribution < -0.4 is 10.5 Å². The molecule has 0 aliphatic rings. The summed E-state index contributed by atoms with van der Waals surface area (Å²) < 4.78 is 74.7. The van der Waals surface area contributed by atoms with E-state index in [0.717, 1.165) is 23.3 Å². The van der Waals surface area contributed by atoms with E-state index < -0.39 is 28.4 Å². The second-order valence-electron chi connectivity index (χ2n) is 7.71. The highest BCUT2D eigenvalue weighted by atomic mass is 32.2. The number of hydrogen-bond acceptors (Lipinski definition) is 4. The molecule has 2 aromatic rings. The van der Waals surface area contributed by atoms with E-state index in [1.165, 1.54) is 18.0 Å². The summed E-state index contributed by atoms with van der Waals surface area (Å²) in [5.74, 6) is -0.602. The molecule has 6 nitrogen and oxygen atoms in total. The number of nitrogens with zero attached hydrogens (tertiary/aromatic N) is 2. The highest BCUT2D eigenvalue weighted by Gasteiger charge is 2.27. The summed E-state index contributed by atoms with van der Waals surface area (Å²) in [6, 6.07) is 10.6. The Kier molecular flexibility index (Phi) is 8.76. The summed E-state index contributed by atoms with van der Waals surface area (Å²) in [5.41, 5.74) is 2.10. The lowest BCUT2D eigenvalue weighted by atomic mass is 10.1. The average molecular weight is 487 g/mol. The van der Waals surface area contributed by atoms with Gasteiger partial charge in [-0.15, -0.1) is 0 Å². The smallest absolute Gasteiger partial charge is 0.346 e. The van der Waals surface area contributed by atoms with E-state index in [2.05, 4.69) is 16.9 Å². The first-order valence-electron chi connectivity index (χ1n) is 9.88. The van der Waals surface area contributed by atoms with Crippen molar-refractivity contribution in [2.75, 3.05) is 20.1 Å². The summed E-state index contributed by atoms with van der Waals surface area (Å²) in [6.45, 7) is 5.65. The lowest BCUT2D eigenvalue weighted by molar-refractivity contribution is -0.137. The molecule has 2 rings (SSSR count). The van der Waals surface area contributed by atoms with E-state index in [1.807, 2.05) is 31.2 Å². The number of nitrogens with two attached hydrogens (primary N) is 1. The monoisotopic (exact) mass is 486 g/mol. The molecular weight excluding hydrogens is 460 g/mol. The van der Waals surface area contributed by atoms with Gasteiger partial charge in [0.1, 0.15) is 17.3 Å². The molecule has 0 saturated carbocycles. The predicted octanol–water partition coefficient (Wildman–Crippen LogP) is 4.04. The van der Waals surface area contributed by atoms with Gasteiger partial charge < -0.3 is 10.2 Å². The summed E-state index contributed by atoms with van der Waals surface area (Å²) in [5, 5.41) is 7.98. The SMILES string of the molecule is C=C(CN(C)CCC(F)(F)F)NC(Cc1cccc(C)c1)=Nc1ccc(S(N)(=O)=O)cc1F. The number of aryl methyl sites for hydroxylation is 1. The van der Waals surface area contributed by atoms with Crippen LogP contribution >= 0.6 is 0 Å². The molecule has 11 heteroatoms. The Labute approximate surface area is 190 Å². The van der Waals surface area contributed by atoms with Crippen molar-refractivity contribution in [3.8, 4) is 0 Å². The van der Waals surface area contributed by atoms with Crippen LogP contribution in [0.25, 0.3) is 0 Å². The number of hydrogen-bond donors (Lipinski definition) is 2. The highest BCUT2D eigenvalue weighted by molar-refractivity contribution is 7.89. The topological polar surface area (TPSA) is 87.8 Å². The standard InChI is InChI=1S/C22H26F4N4O2S/c1-15-5-4-6-17(11-15)12-21(28-16(2)14-30(3)10-9-22(24,25)26)29-20-8-7-18(13-19(20)23)33(27,31)32/h4-8,11,13H,2,9-10,12,14H2,1,3H3,(H,28,29)(H2,27,31,32). The van der Waals surface area contributed by atoms with Crippen molar-refractivity contribution in [2.45, 2.75) is 30.8 Å². The number of likely N-dealkylation sites (N-methyl/N-ethyl adjacent to an activating group) is 1. The average Bonchev–Trinajstić information content (AvgIpc) is 2.66. The lowest BCUT2D eigenvalue weighted by Gasteiger charge is -2.20. The molecule has 3 N–H and O–H groups in total. The predicted molar refractivity (Wildman–Crippen MR) is 120 cm³/mol. The zero-order valence-electron chi connectivity index (χ0n) is 18.3. The van der Waals surface area contributed by atoms with Crippen LogP contribution in [-0.2, 0) is 16.4 Å². The minimum absolute atomic E-state index is 0.107. The van der Waals surface area contributed by atoms with Gasteiger partial charge in [-0.05, 0) is 37.7 Å². The Hall–Kier alpha value is -2.76. The van der Waals surface area contributed by atoms with Crippen molar-refractivity contribution in [3.05, 3.63) is 71.7 Å². The van der Waals surface area contributed by atoms with E-state index in [1.54, 1.807) is 0 Å². The second-order valence-corrected chi connectivity index (χ2v) is 9.28. The molecule has 2 aromatic carbocycles. The summed E-state index contributed by atoms with van der Waals surface area (Å²) in [4.78, 5) is 5.34. The third-order valence-corrected chi connectivity index (χ3v) is 5.43. The maximum atomic E-state index is 14.5. The first-order chi connectivity index (χ1) is 15.2. The van der Waals surface area contributed by atoms with Crippen LogP contribution in [0.4, 0.5) is 23.2 Å². The second kappa shape index (κ2) is 10.9. The van der Waals surface area contributed by atoms with Crippen LogP contribution in [0.2, 0.25) is 0 Å². The quantitative estimate of drug-likeness (QED) is 0.318. The number of halogens is 4. The fourth-order valence-electron chi connectivity index (χ4n) is 2.99. The first-order valence-corrected chi connectivity index (χ1v) is 11.4. The van der Waals surface area contributed by atoms with Gasteiger partial charge >= 0.3 is 6.18 Å². The van der Waals surface area contributed by atoms with Gasteiger partial charge in [-0.1, -0.05) is 36.4 Å². The van der Waals surface area contributed by atoms with Crippen LogP contribution in [0.15, 0.2) is 64.6 Å². The fraction of sp³-hybridized carbons (Fsp3) is 0.318. The molecule has 0 atom stereocenters. The molecule has 0 aliphatic heterocycles. The van der Waals surface area contributed by atoms with Gasteiger partial charge in [-0.3, -0.25) is 0 Å². The van der Waals surface area contributed by atoms with Crippen LogP contribution in [-0.4, -0.2) is 45.5 Å². The van der Waals surface area contributed by atoms with Crippen molar-refractivity contribution in [1.82, 2.24) is 10.2 Å². The number of rotatable bonds is 9. The molecule has 0 bridgehead atoms. The number of amidine groups is 1. The molecule has 0 heterocycles. The molecule has 0 spiro atoms. The van der Waals surface area contributed by atoms with Crippen molar-refractivity contribution >= 4 is 21.5 Å². The molecule has 0 fully saturated rings. The molecule has 0 saturated heterocycles. The molecule has 0 unspecified atom stereocenters. The summed E-state index contributed by atoms with van der Waals surface area (Å²) in [6.07, 6.45) is -4.96. The molecule has 0 radical (unpaired) electrons. The zero-order valence-corrected chi connectivity index (χ0v) is 19.1. The van der Waals surface area contributed by atoms with Crippen LogP contribution in [0.3, 0.4) is 0 Å². The van der Waals surface area contributed by atoms with Crippen LogP contribution in [0.1, 0.15) is 17.5 Å². The third-order valence-electron chi connectivity index (χ3n) is 4.52. The number of aliphatic imine (C=N–C) groups is 1. The minimum Gasteiger partial charge on any atom is -0.346 e. The number of sulfonamides is 1. The molecule has 33 heavy (non-hydrogen) atoms. The molecule has 180 valence electrons. The van der Waals surface area contributed by atoms with Gasteiger partial charge in [-0.25, -0.2) is 22.9 Å². The van der Waals surface area contributed by atoms with Crippen molar-refractivity contribution < 1.29 is 26.0 Å². The van der Waals surface area contributed by atoms with Gasteiger partial charge in [0.2, 0.25) is 10.0 Å². The van der Waals surface area contributed by atoms with Gasteiger partial charge in [0.25, 0.3) is 0 Å². The van der Waals surface area contributed by atoms with Gasteiger partial charge in [-0.2, -0.15) is 13.2 Å². The third kappa shape index (κ3) is 9.32. The Balaban J connectivity index is 2.26. The van der Waals surface area contributed by atoms with E-state index >= 15 is 0 Å². The molecule has 0 amide bonds. The Morgan fingerprint density at radius 2 is 1.91 bits per heavy atom. The number of primary sulfonamides is 1. The van der Waals surface area contributed by atoms with E-state index in [0.29, 0.717) is 5.70 Å². The van der Waals surface area contributed by atoms with Gasteiger partial charge in [0.05, 0.1) is 11.3 Å². The maximum Gasteiger partial charge on any atom is 0.390 e. The van der Waals surface area contributed by atoms with Gasteiger partial charge in [0.15, 0.2) is 0 Å². The van der Waals surface area contributed by atoms with E-state index in [-0.39, 0.29) is 35.9 Å². The minimum atomic E-state index is -4.26. The van der Waals surface area contributed by atoms with Crippen molar-refractivity contribution in [2.24, 2.45) is 10.1 Å². The molecular formula is C22H26F4N4O2S. The maximum absolute atomic E-state index is 14.5. The Morgan fingerprint density at radius 3 is 2.48 bits per heavy atom. The van der Waals surface area contributed by atoms with Crippen molar-refractivity contribution in [3.63, 3.8) is 0 Å². The number of benzene rings is 2. The van der Waals surface area contributed by atoms with E-state index in [4.69, 9.17) is 5.14 Å². The number of alkyl halides is 3. The first kappa shape index (κ1) is 26.5. The zero-order chi connectivity index (χ0) is 24.8. The lowest BCUT2D eigenvalue weighted by Crippen LogP contribution is -2.33. The fourth-order valence-corrected chi connectivity index (χ4v) is 3.52. The van der Waals surface area contributed by atoms with E-state index in [9.17, 15) is 26.0 Å².